The van der Waals surface area contributed by atoms with E-state index in [-0.39, 0.29) is 18.2 Å². The fourth-order valence-electron chi connectivity index (χ4n) is 4.03. The Labute approximate surface area is 175 Å². The van der Waals surface area contributed by atoms with E-state index < -0.39 is 6.04 Å². The van der Waals surface area contributed by atoms with E-state index in [1.807, 2.05) is 24.0 Å². The lowest BCUT2D eigenvalue weighted by atomic mass is 10.0. The Morgan fingerprint density at radius 3 is 2.97 bits per heavy atom. The molecule has 29 heavy (non-hydrogen) atoms. The van der Waals surface area contributed by atoms with Crippen LogP contribution in [0.3, 0.4) is 0 Å². The summed E-state index contributed by atoms with van der Waals surface area (Å²) >= 11 is 1.73. The summed E-state index contributed by atoms with van der Waals surface area (Å²) in [7, 11) is 1.80. The Morgan fingerprint density at radius 2 is 2.21 bits per heavy atom. The third-order valence-corrected chi connectivity index (χ3v) is 6.79. The maximum atomic E-state index is 12.9. The largest absolute Gasteiger partial charge is 0.465 e. The number of aromatic nitrogens is 1. The standard InChI is InChI=1S/C21H28N4O3S/c1-14-7-8-15(28-14)12-25-10-9-22-21(27)17(25)11-20(26)24(2)13-19-23-16-5-3-4-6-18(16)29-19/h7-8,17H,3-6,9-13H2,1-2H3,(H,22,27). The van der Waals surface area contributed by atoms with Crippen LogP contribution in [-0.4, -0.2) is 52.8 Å². The molecule has 2 amide bonds. The number of carbonyl (C=O) groups excluding carboxylic acids is 2. The van der Waals surface area contributed by atoms with Crippen molar-refractivity contribution in [2.75, 3.05) is 20.1 Å². The van der Waals surface area contributed by atoms with Gasteiger partial charge in [0, 0.05) is 25.0 Å². The van der Waals surface area contributed by atoms with Gasteiger partial charge in [-0.1, -0.05) is 0 Å². The molecule has 1 saturated heterocycles. The summed E-state index contributed by atoms with van der Waals surface area (Å²) in [5.41, 5.74) is 1.21. The normalized spacial score (nSPS) is 19.7. The fraction of sp³-hybridized carbons (Fsp3) is 0.571. The van der Waals surface area contributed by atoms with Gasteiger partial charge >= 0.3 is 0 Å². The van der Waals surface area contributed by atoms with Gasteiger partial charge in [-0.3, -0.25) is 14.5 Å². The molecule has 0 saturated carbocycles. The van der Waals surface area contributed by atoms with Gasteiger partial charge in [-0.25, -0.2) is 4.98 Å². The van der Waals surface area contributed by atoms with Crippen molar-refractivity contribution in [3.63, 3.8) is 0 Å². The zero-order valence-corrected chi connectivity index (χ0v) is 17.9. The van der Waals surface area contributed by atoms with Gasteiger partial charge in [0.05, 0.1) is 31.2 Å². The second kappa shape index (κ2) is 8.67. The summed E-state index contributed by atoms with van der Waals surface area (Å²) in [5.74, 6) is 1.53. The van der Waals surface area contributed by atoms with Crippen LogP contribution in [0.25, 0.3) is 0 Å². The van der Waals surface area contributed by atoms with E-state index in [2.05, 4.69) is 5.32 Å². The lowest BCUT2D eigenvalue weighted by molar-refractivity contribution is -0.138. The average molecular weight is 417 g/mol. The van der Waals surface area contributed by atoms with Crippen molar-refractivity contribution in [2.45, 2.75) is 58.2 Å². The Bertz CT molecular complexity index is 867. The Morgan fingerprint density at radius 1 is 1.38 bits per heavy atom. The van der Waals surface area contributed by atoms with Crippen LogP contribution in [0, 0.1) is 6.92 Å². The van der Waals surface area contributed by atoms with Crippen LogP contribution in [0.1, 0.15) is 46.4 Å². The smallest absolute Gasteiger partial charge is 0.237 e. The topological polar surface area (TPSA) is 78.7 Å². The molecule has 1 N–H and O–H groups in total. The van der Waals surface area contributed by atoms with E-state index in [4.69, 9.17) is 9.40 Å². The van der Waals surface area contributed by atoms with Crippen LogP contribution in [0.5, 0.6) is 0 Å². The Kier molecular flexibility index (Phi) is 6.01. The molecule has 0 radical (unpaired) electrons. The van der Waals surface area contributed by atoms with Crippen molar-refractivity contribution in [3.8, 4) is 0 Å². The van der Waals surface area contributed by atoms with Crippen molar-refractivity contribution in [3.05, 3.63) is 39.2 Å². The molecule has 8 heteroatoms. The zero-order valence-electron chi connectivity index (χ0n) is 17.1. The van der Waals surface area contributed by atoms with Gasteiger partial charge in [-0.2, -0.15) is 0 Å². The van der Waals surface area contributed by atoms with Gasteiger partial charge in [0.2, 0.25) is 11.8 Å². The van der Waals surface area contributed by atoms with E-state index in [0.717, 1.165) is 29.4 Å². The lowest BCUT2D eigenvalue weighted by Gasteiger charge is -2.34. The van der Waals surface area contributed by atoms with Crippen LogP contribution in [0.4, 0.5) is 0 Å². The number of carbonyl (C=O) groups is 2. The van der Waals surface area contributed by atoms with Crippen molar-refractivity contribution < 1.29 is 14.0 Å². The minimum absolute atomic E-state index is 0.0409. The first kappa shape index (κ1) is 20.1. The van der Waals surface area contributed by atoms with Crippen LogP contribution < -0.4 is 5.32 Å². The second-order valence-corrected chi connectivity index (χ2v) is 9.10. The van der Waals surface area contributed by atoms with E-state index in [9.17, 15) is 9.59 Å². The number of nitrogens with one attached hydrogen (secondary N) is 1. The van der Waals surface area contributed by atoms with Crippen LogP contribution in [0.2, 0.25) is 0 Å². The van der Waals surface area contributed by atoms with Crippen molar-refractivity contribution in [1.82, 2.24) is 20.1 Å². The number of nitrogens with zero attached hydrogens (tertiary/aromatic N) is 3. The SMILES string of the molecule is Cc1ccc(CN2CCNC(=O)C2CC(=O)N(C)Cc2nc3c(s2)CCCC3)o1. The highest BCUT2D eigenvalue weighted by atomic mass is 32.1. The summed E-state index contributed by atoms with van der Waals surface area (Å²) in [4.78, 5) is 35.2. The lowest BCUT2D eigenvalue weighted by Crippen LogP contribution is -2.56. The molecule has 0 aromatic carbocycles. The highest BCUT2D eigenvalue weighted by molar-refractivity contribution is 7.11. The highest BCUT2D eigenvalue weighted by Crippen LogP contribution is 2.27. The second-order valence-electron chi connectivity index (χ2n) is 7.93. The zero-order chi connectivity index (χ0) is 20.4. The summed E-state index contributed by atoms with van der Waals surface area (Å²) in [5, 5.41) is 3.88. The molecular formula is C21H28N4O3S. The van der Waals surface area contributed by atoms with Gasteiger partial charge < -0.3 is 14.6 Å². The number of piperazine rings is 1. The molecular weight excluding hydrogens is 388 g/mol. The number of fused-ring (bicyclic) bond motifs is 1. The first-order chi connectivity index (χ1) is 14.0. The predicted molar refractivity (Wildman–Crippen MR) is 110 cm³/mol. The van der Waals surface area contributed by atoms with Crippen LogP contribution in [0.15, 0.2) is 16.5 Å². The number of hydrogen-bond donors (Lipinski definition) is 1. The van der Waals surface area contributed by atoms with Crippen molar-refractivity contribution in [1.29, 1.82) is 0 Å². The van der Waals surface area contributed by atoms with Crippen LogP contribution in [-0.2, 0) is 35.5 Å². The molecule has 7 nitrogen and oxygen atoms in total. The summed E-state index contributed by atoms with van der Waals surface area (Å²) < 4.78 is 5.67. The van der Waals surface area contributed by atoms with E-state index >= 15 is 0 Å². The summed E-state index contributed by atoms with van der Waals surface area (Å²) in [6.45, 7) is 4.22. The molecule has 1 aliphatic carbocycles. The van der Waals surface area contributed by atoms with Gasteiger partial charge in [0.25, 0.3) is 0 Å². The number of amides is 2. The van der Waals surface area contributed by atoms with E-state index in [0.29, 0.717) is 26.2 Å². The molecule has 4 rings (SSSR count). The number of hydrogen-bond acceptors (Lipinski definition) is 6. The molecule has 2 aromatic rings. The average Bonchev–Trinajstić information content (AvgIpc) is 3.29. The highest BCUT2D eigenvalue weighted by Gasteiger charge is 2.33. The molecule has 2 aliphatic rings. The molecule has 2 aromatic heterocycles. The predicted octanol–water partition coefficient (Wildman–Crippen LogP) is 2.27. The minimum atomic E-state index is -0.478. The maximum absolute atomic E-state index is 12.9. The molecule has 1 fully saturated rings. The molecule has 1 atom stereocenters. The van der Waals surface area contributed by atoms with Crippen LogP contribution >= 0.6 is 11.3 Å². The summed E-state index contributed by atoms with van der Waals surface area (Å²) in [6, 6.07) is 3.37. The van der Waals surface area contributed by atoms with Crippen molar-refractivity contribution >= 4 is 23.2 Å². The van der Waals surface area contributed by atoms with E-state index in [1.165, 1.54) is 23.4 Å². The number of thiazole rings is 1. The monoisotopic (exact) mass is 416 g/mol. The first-order valence-corrected chi connectivity index (χ1v) is 11.1. The molecule has 0 spiro atoms. The molecule has 1 unspecified atom stereocenters. The minimum Gasteiger partial charge on any atom is -0.465 e. The molecule has 1 aliphatic heterocycles. The van der Waals surface area contributed by atoms with Gasteiger partial charge in [-0.05, 0) is 44.7 Å². The quantitative estimate of drug-likeness (QED) is 0.782. The third-order valence-electron chi connectivity index (χ3n) is 5.65. The third kappa shape index (κ3) is 4.70. The van der Waals surface area contributed by atoms with Gasteiger partial charge in [0.15, 0.2) is 0 Å². The number of rotatable bonds is 6. The Hall–Kier alpha value is -2.19. The van der Waals surface area contributed by atoms with Gasteiger partial charge in [-0.15, -0.1) is 11.3 Å². The number of aryl methyl sites for hydroxylation is 3. The fourth-order valence-corrected chi connectivity index (χ4v) is 5.24. The van der Waals surface area contributed by atoms with Gasteiger partial charge in [0.1, 0.15) is 16.5 Å². The van der Waals surface area contributed by atoms with E-state index in [1.54, 1.807) is 23.3 Å². The van der Waals surface area contributed by atoms with Crippen molar-refractivity contribution in [2.24, 2.45) is 0 Å². The molecule has 3 heterocycles. The first-order valence-electron chi connectivity index (χ1n) is 10.3. The number of furan rings is 1. The molecule has 156 valence electrons. The maximum Gasteiger partial charge on any atom is 0.237 e. The Balaban J connectivity index is 1.39. The summed E-state index contributed by atoms with van der Waals surface area (Å²) in [6.07, 6.45) is 4.74. The molecule has 0 bridgehead atoms.